The van der Waals surface area contributed by atoms with Crippen LogP contribution in [0.25, 0.3) is 0 Å². The molecular weight excluding hydrogens is 296 g/mol. The fourth-order valence-corrected chi connectivity index (χ4v) is 4.03. The van der Waals surface area contributed by atoms with Crippen LogP contribution in [0, 0.1) is 12.8 Å². The highest BCUT2D eigenvalue weighted by Crippen LogP contribution is 2.29. The van der Waals surface area contributed by atoms with Crippen LogP contribution < -0.4 is 5.73 Å². The molecule has 1 aromatic heterocycles. The van der Waals surface area contributed by atoms with E-state index in [0.717, 1.165) is 29.6 Å². The third-order valence-corrected chi connectivity index (χ3v) is 5.31. The number of hydrogen-bond acceptors (Lipinski definition) is 4. The molecule has 1 atom stereocenters. The fourth-order valence-electron chi connectivity index (χ4n) is 2.91. The van der Waals surface area contributed by atoms with E-state index < -0.39 is 0 Å². The summed E-state index contributed by atoms with van der Waals surface area (Å²) in [6, 6.07) is 8.68. The Bertz CT molecular complexity index is 683. The molecule has 3 rings (SSSR count). The van der Waals surface area contributed by atoms with Crippen molar-refractivity contribution >= 4 is 17.7 Å². The van der Waals surface area contributed by atoms with Crippen LogP contribution >= 0.6 is 11.8 Å². The molecule has 5 nitrogen and oxygen atoms in total. The van der Waals surface area contributed by atoms with Crippen LogP contribution in [0.3, 0.4) is 0 Å². The van der Waals surface area contributed by atoms with Crippen molar-refractivity contribution in [3.63, 3.8) is 0 Å². The number of primary amides is 1. The second kappa shape index (κ2) is 6.52. The van der Waals surface area contributed by atoms with Gasteiger partial charge in [0.05, 0.1) is 0 Å². The minimum absolute atomic E-state index is 0.147. The van der Waals surface area contributed by atoms with Crippen molar-refractivity contribution in [1.82, 2.24) is 14.8 Å². The summed E-state index contributed by atoms with van der Waals surface area (Å²) in [5, 5.41) is 9.01. The number of thioether (sulfide) groups is 1. The molecule has 0 saturated heterocycles. The number of rotatable bonds is 5. The minimum Gasteiger partial charge on any atom is -0.368 e. The number of nitrogens with two attached hydrogens (primary N) is 1. The standard InChI is InChI=1S/C16H20N4OS/c1-11-18-19-16(20(11)9-15(17)21)22-10-12-6-7-13-4-2-3-5-14(13)8-12/h2-5,12H,6-10H2,1H3,(H2,17,21)/t12-/m1/s1. The highest BCUT2D eigenvalue weighted by atomic mass is 32.2. The van der Waals surface area contributed by atoms with Crippen LogP contribution in [0.1, 0.15) is 23.4 Å². The summed E-state index contributed by atoms with van der Waals surface area (Å²) in [5.74, 6) is 2.00. The second-order valence-electron chi connectivity index (χ2n) is 5.77. The summed E-state index contributed by atoms with van der Waals surface area (Å²) in [6.45, 7) is 1.99. The molecular formula is C16H20N4OS. The quantitative estimate of drug-likeness (QED) is 0.856. The van der Waals surface area contributed by atoms with Gasteiger partial charge in [-0.05, 0) is 43.2 Å². The van der Waals surface area contributed by atoms with Crippen molar-refractivity contribution in [3.05, 3.63) is 41.2 Å². The molecule has 0 spiro atoms. The van der Waals surface area contributed by atoms with Crippen molar-refractivity contribution in [2.24, 2.45) is 11.7 Å². The molecule has 6 heteroatoms. The summed E-state index contributed by atoms with van der Waals surface area (Å²) >= 11 is 1.67. The Morgan fingerprint density at radius 2 is 2.14 bits per heavy atom. The molecule has 1 aliphatic rings. The second-order valence-corrected chi connectivity index (χ2v) is 6.76. The van der Waals surface area contributed by atoms with Gasteiger partial charge < -0.3 is 5.73 Å². The predicted octanol–water partition coefficient (Wildman–Crippen LogP) is 1.97. The Kier molecular flexibility index (Phi) is 4.47. The number of fused-ring (bicyclic) bond motifs is 1. The Balaban J connectivity index is 1.63. The lowest BCUT2D eigenvalue weighted by Crippen LogP contribution is -2.20. The van der Waals surface area contributed by atoms with Gasteiger partial charge in [-0.1, -0.05) is 36.0 Å². The number of carbonyl (C=O) groups excluding carboxylic acids is 1. The van der Waals surface area contributed by atoms with E-state index in [4.69, 9.17) is 5.73 Å². The predicted molar refractivity (Wildman–Crippen MR) is 86.6 cm³/mol. The Labute approximate surface area is 134 Å². The zero-order valence-electron chi connectivity index (χ0n) is 12.7. The number of aryl methyl sites for hydroxylation is 2. The van der Waals surface area contributed by atoms with E-state index in [-0.39, 0.29) is 12.5 Å². The molecule has 2 N–H and O–H groups in total. The van der Waals surface area contributed by atoms with Crippen molar-refractivity contribution < 1.29 is 4.79 Å². The van der Waals surface area contributed by atoms with E-state index in [1.165, 1.54) is 17.5 Å². The number of hydrogen-bond donors (Lipinski definition) is 1. The van der Waals surface area contributed by atoms with Gasteiger partial charge in [0, 0.05) is 5.75 Å². The number of nitrogens with zero attached hydrogens (tertiary/aromatic N) is 3. The van der Waals surface area contributed by atoms with E-state index >= 15 is 0 Å². The first-order valence-electron chi connectivity index (χ1n) is 7.51. The minimum atomic E-state index is -0.364. The monoisotopic (exact) mass is 316 g/mol. The molecule has 2 aromatic rings. The third-order valence-electron chi connectivity index (χ3n) is 4.11. The van der Waals surface area contributed by atoms with E-state index in [1.54, 1.807) is 16.3 Å². The molecule has 1 aromatic carbocycles. The summed E-state index contributed by atoms with van der Waals surface area (Å²) in [7, 11) is 0. The fraction of sp³-hybridized carbons (Fsp3) is 0.438. The van der Waals surface area contributed by atoms with Gasteiger partial charge in [0.15, 0.2) is 5.16 Å². The van der Waals surface area contributed by atoms with Crippen LogP contribution in [-0.4, -0.2) is 26.4 Å². The van der Waals surface area contributed by atoms with Crippen LogP contribution in [0.5, 0.6) is 0 Å². The van der Waals surface area contributed by atoms with Gasteiger partial charge in [-0.25, -0.2) is 0 Å². The smallest absolute Gasteiger partial charge is 0.237 e. The van der Waals surface area contributed by atoms with Crippen molar-refractivity contribution in [2.75, 3.05) is 5.75 Å². The van der Waals surface area contributed by atoms with Gasteiger partial charge in [0.2, 0.25) is 5.91 Å². The van der Waals surface area contributed by atoms with Gasteiger partial charge in [-0.15, -0.1) is 10.2 Å². The van der Waals surface area contributed by atoms with Gasteiger partial charge in [-0.3, -0.25) is 9.36 Å². The summed E-state index contributed by atoms with van der Waals surface area (Å²) in [6.07, 6.45) is 3.47. The zero-order valence-corrected chi connectivity index (χ0v) is 13.5. The largest absolute Gasteiger partial charge is 0.368 e. The molecule has 0 fully saturated rings. The van der Waals surface area contributed by atoms with Crippen molar-refractivity contribution in [1.29, 1.82) is 0 Å². The summed E-state index contributed by atoms with van der Waals surface area (Å²) in [5.41, 5.74) is 8.24. The first-order chi connectivity index (χ1) is 10.6. The van der Waals surface area contributed by atoms with Crippen LogP contribution in [0.2, 0.25) is 0 Å². The number of amides is 1. The maximum absolute atomic E-state index is 11.2. The lowest BCUT2D eigenvalue weighted by molar-refractivity contribution is -0.118. The molecule has 1 amide bonds. The maximum atomic E-state index is 11.2. The normalized spacial score (nSPS) is 17.2. The molecule has 1 aliphatic carbocycles. The number of benzene rings is 1. The number of carbonyl (C=O) groups is 1. The summed E-state index contributed by atoms with van der Waals surface area (Å²) in [4.78, 5) is 11.2. The van der Waals surface area contributed by atoms with Gasteiger partial charge in [0.25, 0.3) is 0 Å². The van der Waals surface area contributed by atoms with Gasteiger partial charge >= 0.3 is 0 Å². The molecule has 116 valence electrons. The lowest BCUT2D eigenvalue weighted by atomic mass is 9.85. The zero-order chi connectivity index (χ0) is 15.5. The van der Waals surface area contributed by atoms with Gasteiger partial charge in [0.1, 0.15) is 12.4 Å². The van der Waals surface area contributed by atoms with Crippen LogP contribution in [-0.2, 0) is 24.2 Å². The van der Waals surface area contributed by atoms with Gasteiger partial charge in [-0.2, -0.15) is 0 Å². The average Bonchev–Trinajstić information content (AvgIpc) is 2.85. The molecule has 0 saturated carbocycles. The van der Waals surface area contributed by atoms with E-state index in [9.17, 15) is 4.79 Å². The Morgan fingerprint density at radius 3 is 2.91 bits per heavy atom. The Hall–Kier alpha value is -1.82. The van der Waals surface area contributed by atoms with Crippen molar-refractivity contribution in [2.45, 2.75) is 37.9 Å². The topological polar surface area (TPSA) is 73.8 Å². The molecule has 0 radical (unpaired) electrons. The van der Waals surface area contributed by atoms with Crippen molar-refractivity contribution in [3.8, 4) is 0 Å². The Morgan fingerprint density at radius 1 is 1.36 bits per heavy atom. The van der Waals surface area contributed by atoms with Crippen LogP contribution in [0.15, 0.2) is 29.4 Å². The highest BCUT2D eigenvalue weighted by Gasteiger charge is 2.20. The first kappa shape index (κ1) is 15.1. The average molecular weight is 316 g/mol. The first-order valence-corrected chi connectivity index (χ1v) is 8.49. The lowest BCUT2D eigenvalue weighted by Gasteiger charge is -2.24. The molecule has 1 heterocycles. The molecule has 0 unspecified atom stereocenters. The SMILES string of the molecule is Cc1nnc(SC[C@@H]2CCc3ccccc3C2)n1CC(N)=O. The van der Waals surface area contributed by atoms with E-state index in [1.807, 2.05) is 6.92 Å². The summed E-state index contributed by atoms with van der Waals surface area (Å²) < 4.78 is 1.80. The maximum Gasteiger partial charge on any atom is 0.237 e. The molecule has 22 heavy (non-hydrogen) atoms. The number of aromatic nitrogens is 3. The molecule has 0 aliphatic heterocycles. The van der Waals surface area contributed by atoms with Crippen LogP contribution in [0.4, 0.5) is 0 Å². The van der Waals surface area contributed by atoms with E-state index in [2.05, 4.69) is 34.5 Å². The molecule has 0 bridgehead atoms. The third kappa shape index (κ3) is 3.32. The highest BCUT2D eigenvalue weighted by molar-refractivity contribution is 7.99. The van der Waals surface area contributed by atoms with E-state index in [0.29, 0.717) is 5.92 Å².